The van der Waals surface area contributed by atoms with Crippen molar-refractivity contribution in [2.24, 2.45) is 0 Å². The molecule has 7 heteroatoms. The fraction of sp³-hybridized carbons (Fsp3) is 0.526. The Labute approximate surface area is 152 Å². The van der Waals surface area contributed by atoms with E-state index in [2.05, 4.69) is 6.58 Å². The molecule has 142 valence electrons. The highest BCUT2D eigenvalue weighted by Crippen LogP contribution is 2.26. The smallest absolute Gasteiger partial charge is 0.342 e. The minimum atomic E-state index is -1.98. The number of esters is 2. The largest absolute Gasteiger partial charge is 0.458 e. The maximum atomic E-state index is 12.7. The minimum Gasteiger partial charge on any atom is -0.458 e. The predicted octanol–water partition coefficient (Wildman–Crippen LogP) is 0.930. The third-order valence-electron chi connectivity index (χ3n) is 4.74. The summed E-state index contributed by atoms with van der Waals surface area (Å²) in [7, 11) is 1.88. The number of ether oxygens (including phenoxy) is 2. The van der Waals surface area contributed by atoms with Crippen molar-refractivity contribution in [3.63, 3.8) is 0 Å². The fourth-order valence-corrected chi connectivity index (χ4v) is 2.70. The molecule has 2 bridgehead atoms. The van der Waals surface area contributed by atoms with Crippen LogP contribution < -0.4 is 0 Å². The van der Waals surface area contributed by atoms with Gasteiger partial charge in [-0.3, -0.25) is 4.79 Å². The Morgan fingerprint density at radius 1 is 1.38 bits per heavy atom. The van der Waals surface area contributed by atoms with Crippen LogP contribution in [0.2, 0.25) is 0 Å². The van der Waals surface area contributed by atoms with E-state index in [1.54, 1.807) is 13.0 Å². The van der Waals surface area contributed by atoms with Crippen molar-refractivity contribution < 1.29 is 29.0 Å². The van der Waals surface area contributed by atoms with Gasteiger partial charge in [0.2, 0.25) is 5.78 Å². The number of ketones is 1. The fourth-order valence-electron chi connectivity index (χ4n) is 2.70. The van der Waals surface area contributed by atoms with Crippen LogP contribution in [-0.2, 0) is 23.9 Å². The molecule has 0 unspecified atom stereocenters. The molecule has 0 amide bonds. The topological polar surface area (TPSA) is 93.1 Å². The first kappa shape index (κ1) is 20.1. The van der Waals surface area contributed by atoms with Crippen molar-refractivity contribution in [3.8, 4) is 0 Å². The Balaban J connectivity index is 2.44. The summed E-state index contributed by atoms with van der Waals surface area (Å²) in [5.74, 6) is -1.94. The molecule has 1 fully saturated rings. The number of Topliss-reactive ketones (excluding diaryl/α,β-unsaturated/α-hetero) is 1. The molecule has 0 aromatic heterocycles. The molecule has 0 aromatic rings. The maximum absolute atomic E-state index is 12.7. The van der Waals surface area contributed by atoms with Gasteiger partial charge < -0.3 is 19.5 Å². The number of carbonyl (C=O) groups excluding carboxylic acids is 3. The van der Waals surface area contributed by atoms with Gasteiger partial charge >= 0.3 is 11.9 Å². The molecule has 2 rings (SSSR count). The van der Waals surface area contributed by atoms with Crippen LogP contribution in [0.1, 0.15) is 26.7 Å². The van der Waals surface area contributed by atoms with Crippen molar-refractivity contribution >= 4 is 17.7 Å². The number of allylic oxidation sites excluding steroid dienone is 1. The number of fused-ring (bicyclic) bond motifs is 2. The molecule has 2 heterocycles. The number of likely N-dealkylation sites (N-methyl/N-ethyl adjacent to an activating group) is 1. The molecule has 0 spiro atoms. The monoisotopic (exact) mass is 363 g/mol. The predicted molar refractivity (Wildman–Crippen MR) is 94.2 cm³/mol. The summed E-state index contributed by atoms with van der Waals surface area (Å²) in [4.78, 5) is 39.5. The first-order valence-corrected chi connectivity index (χ1v) is 8.52. The van der Waals surface area contributed by atoms with Crippen molar-refractivity contribution in [3.05, 3.63) is 35.5 Å². The minimum absolute atomic E-state index is 0.0546. The van der Waals surface area contributed by atoms with E-state index in [0.29, 0.717) is 19.5 Å². The van der Waals surface area contributed by atoms with Gasteiger partial charge in [-0.25, -0.2) is 9.59 Å². The summed E-state index contributed by atoms with van der Waals surface area (Å²) in [6.45, 7) is 7.41. The standard InChI is InChI=1S/C19H25NO6/c1-5-13-10-12(2)19(3,24)18(23)25-11-14-6-8-20(4)9-7-15(16(14)21)26-17(13)22/h5-6,15,24H,2,7-11H2,1,3-4H3/b13-5-,14-6?/t15-,19-/m1/s1. The molecule has 7 nitrogen and oxygen atoms in total. The van der Waals surface area contributed by atoms with Gasteiger partial charge in [0.25, 0.3) is 0 Å². The van der Waals surface area contributed by atoms with Gasteiger partial charge in [-0.2, -0.15) is 0 Å². The van der Waals surface area contributed by atoms with Gasteiger partial charge in [-0.05, 0) is 26.5 Å². The Morgan fingerprint density at radius 2 is 2.08 bits per heavy atom. The summed E-state index contributed by atoms with van der Waals surface area (Å²) >= 11 is 0. The molecular weight excluding hydrogens is 338 g/mol. The third-order valence-corrected chi connectivity index (χ3v) is 4.74. The van der Waals surface area contributed by atoms with Crippen LogP contribution in [0.4, 0.5) is 0 Å². The third kappa shape index (κ3) is 4.28. The Hall–Kier alpha value is -2.25. The van der Waals surface area contributed by atoms with Crippen molar-refractivity contribution in [2.45, 2.75) is 38.4 Å². The van der Waals surface area contributed by atoms with Crippen molar-refractivity contribution in [1.29, 1.82) is 0 Å². The van der Waals surface area contributed by atoms with Crippen LogP contribution in [0.25, 0.3) is 0 Å². The number of cyclic esters (lactones) is 1. The lowest BCUT2D eigenvalue weighted by Crippen LogP contribution is -2.42. The summed E-state index contributed by atoms with van der Waals surface area (Å²) in [6.07, 6.45) is 2.53. The van der Waals surface area contributed by atoms with E-state index in [0.717, 1.165) is 0 Å². The van der Waals surface area contributed by atoms with Crippen molar-refractivity contribution in [2.75, 3.05) is 26.7 Å². The zero-order valence-electron chi connectivity index (χ0n) is 15.4. The highest BCUT2D eigenvalue weighted by molar-refractivity contribution is 6.02. The number of hydrogen-bond donors (Lipinski definition) is 1. The second-order valence-corrected chi connectivity index (χ2v) is 6.78. The number of carbonyl (C=O) groups is 3. The quantitative estimate of drug-likeness (QED) is 0.389. The molecule has 0 radical (unpaired) electrons. The van der Waals surface area contributed by atoms with Gasteiger partial charge in [0.1, 0.15) is 6.61 Å². The number of hydrogen-bond acceptors (Lipinski definition) is 7. The highest BCUT2D eigenvalue weighted by atomic mass is 16.6. The Kier molecular flexibility index (Phi) is 6.15. The van der Waals surface area contributed by atoms with E-state index in [9.17, 15) is 19.5 Å². The average molecular weight is 363 g/mol. The van der Waals surface area contributed by atoms with Crippen LogP contribution in [0.5, 0.6) is 0 Å². The summed E-state index contributed by atoms with van der Waals surface area (Å²) < 4.78 is 10.6. The van der Waals surface area contributed by atoms with E-state index in [4.69, 9.17) is 9.47 Å². The SMILES string of the molecule is C=C1C/C(=C/C)C(=O)O[C@@H]2CCN(C)CC=C(COC(=O)[C@]1(C)O)C2=O. The summed E-state index contributed by atoms with van der Waals surface area (Å²) in [6, 6.07) is 0. The lowest BCUT2D eigenvalue weighted by molar-refractivity contribution is -0.160. The summed E-state index contributed by atoms with van der Waals surface area (Å²) in [5.41, 5.74) is -1.40. The van der Waals surface area contributed by atoms with E-state index in [-0.39, 0.29) is 35.5 Å². The Bertz CT molecular complexity index is 688. The lowest BCUT2D eigenvalue weighted by atomic mass is 9.91. The van der Waals surface area contributed by atoms with Crippen LogP contribution in [0.3, 0.4) is 0 Å². The average Bonchev–Trinajstić information content (AvgIpc) is 2.59. The number of rotatable bonds is 0. The molecule has 2 aliphatic rings. The molecule has 1 saturated heterocycles. The molecule has 26 heavy (non-hydrogen) atoms. The van der Waals surface area contributed by atoms with E-state index < -0.39 is 23.6 Å². The normalized spacial score (nSPS) is 31.2. The van der Waals surface area contributed by atoms with Gasteiger partial charge in [-0.15, -0.1) is 0 Å². The zero-order valence-corrected chi connectivity index (χ0v) is 15.4. The molecule has 2 atom stereocenters. The highest BCUT2D eigenvalue weighted by Gasteiger charge is 2.38. The van der Waals surface area contributed by atoms with Gasteiger partial charge in [0, 0.05) is 37.1 Å². The van der Waals surface area contributed by atoms with Crippen molar-refractivity contribution in [1.82, 2.24) is 4.90 Å². The molecule has 0 aliphatic carbocycles. The first-order valence-electron chi connectivity index (χ1n) is 8.52. The van der Waals surface area contributed by atoms with Crippen LogP contribution in [0.15, 0.2) is 35.5 Å². The zero-order chi connectivity index (χ0) is 19.5. The molecule has 0 saturated carbocycles. The molecular formula is C19H25NO6. The number of aliphatic hydroxyl groups is 1. The van der Waals surface area contributed by atoms with E-state index in [1.807, 2.05) is 11.9 Å². The van der Waals surface area contributed by atoms with Crippen LogP contribution >= 0.6 is 0 Å². The van der Waals surface area contributed by atoms with Crippen LogP contribution in [-0.4, -0.2) is 66.2 Å². The lowest BCUT2D eigenvalue weighted by Gasteiger charge is -2.28. The number of nitrogens with zero attached hydrogens (tertiary/aromatic N) is 1. The second kappa shape index (κ2) is 7.97. The summed E-state index contributed by atoms with van der Waals surface area (Å²) in [5, 5.41) is 10.5. The van der Waals surface area contributed by atoms with E-state index >= 15 is 0 Å². The molecule has 2 aliphatic heterocycles. The molecule has 1 N–H and O–H groups in total. The van der Waals surface area contributed by atoms with Gasteiger partial charge in [0.05, 0.1) is 0 Å². The van der Waals surface area contributed by atoms with Gasteiger partial charge in [0.15, 0.2) is 11.7 Å². The van der Waals surface area contributed by atoms with Crippen LogP contribution in [0, 0.1) is 0 Å². The first-order chi connectivity index (χ1) is 12.2. The van der Waals surface area contributed by atoms with E-state index in [1.165, 1.54) is 13.0 Å². The molecule has 0 aromatic carbocycles. The second-order valence-electron chi connectivity index (χ2n) is 6.78. The Morgan fingerprint density at radius 3 is 2.73 bits per heavy atom. The van der Waals surface area contributed by atoms with Gasteiger partial charge in [-0.1, -0.05) is 18.7 Å². The maximum Gasteiger partial charge on any atom is 0.342 e.